The molecule has 1 aliphatic rings. The van der Waals surface area contributed by atoms with Crippen LogP contribution in [0, 0.1) is 17.1 Å². The van der Waals surface area contributed by atoms with Gasteiger partial charge in [0.05, 0.1) is 11.7 Å². The Bertz CT molecular complexity index is 704. The number of hydrogen-bond donors (Lipinski definition) is 0. The first-order chi connectivity index (χ1) is 12.4. The summed E-state index contributed by atoms with van der Waals surface area (Å²) in [5, 5.41) is 9.22. The molecule has 1 heterocycles. The molecule has 1 unspecified atom stereocenters. The van der Waals surface area contributed by atoms with E-state index in [9.17, 15) is 14.4 Å². The number of amides is 1. The molecule has 5 nitrogen and oxygen atoms in total. The minimum absolute atomic E-state index is 0.0868. The highest BCUT2D eigenvalue weighted by molar-refractivity contribution is 5.81. The highest BCUT2D eigenvalue weighted by Crippen LogP contribution is 2.24. The number of nitrogens with zero attached hydrogens (tertiary/aromatic N) is 4. The number of carbonyl (C=O) groups is 1. The molecule has 0 radical (unpaired) electrons. The van der Waals surface area contributed by atoms with E-state index >= 15 is 0 Å². The monoisotopic (exact) mass is 358 g/mol. The van der Waals surface area contributed by atoms with E-state index in [1.807, 2.05) is 36.6 Å². The first-order valence-corrected chi connectivity index (χ1v) is 8.99. The van der Waals surface area contributed by atoms with E-state index in [4.69, 9.17) is 0 Å². The van der Waals surface area contributed by atoms with Crippen LogP contribution in [-0.4, -0.2) is 61.0 Å². The van der Waals surface area contributed by atoms with Crippen molar-refractivity contribution < 1.29 is 9.18 Å². The lowest BCUT2D eigenvalue weighted by atomic mass is 10.1. The van der Waals surface area contributed by atoms with E-state index in [0.29, 0.717) is 45.0 Å². The SMILES string of the molecule is C=C(C)CN(CC)C(=O)C(C)N1CCN(c2cccc(F)c2C#N)CC1. The molecule has 0 saturated carbocycles. The summed E-state index contributed by atoms with van der Waals surface area (Å²) >= 11 is 0. The van der Waals surface area contributed by atoms with Crippen molar-refractivity contribution >= 4 is 11.6 Å². The van der Waals surface area contributed by atoms with Gasteiger partial charge < -0.3 is 9.80 Å². The summed E-state index contributed by atoms with van der Waals surface area (Å²) in [6.07, 6.45) is 0. The Morgan fingerprint density at radius 2 is 2.04 bits per heavy atom. The molecule has 1 aromatic carbocycles. The van der Waals surface area contributed by atoms with E-state index in [1.54, 1.807) is 12.1 Å². The zero-order chi connectivity index (χ0) is 19.3. The zero-order valence-corrected chi connectivity index (χ0v) is 15.8. The minimum Gasteiger partial charge on any atom is -0.368 e. The second-order valence-electron chi connectivity index (χ2n) is 6.75. The van der Waals surface area contributed by atoms with Gasteiger partial charge in [-0.15, -0.1) is 0 Å². The van der Waals surface area contributed by atoms with Crippen molar-refractivity contribution in [3.8, 4) is 6.07 Å². The summed E-state index contributed by atoms with van der Waals surface area (Å²) in [5.74, 6) is -0.387. The Morgan fingerprint density at radius 1 is 1.38 bits per heavy atom. The van der Waals surface area contributed by atoms with Gasteiger partial charge in [0.1, 0.15) is 17.4 Å². The fourth-order valence-corrected chi connectivity index (χ4v) is 3.33. The van der Waals surface area contributed by atoms with Gasteiger partial charge >= 0.3 is 0 Å². The average molecular weight is 358 g/mol. The first-order valence-electron chi connectivity index (χ1n) is 8.99. The number of halogens is 1. The van der Waals surface area contributed by atoms with Crippen molar-refractivity contribution in [3.05, 3.63) is 41.7 Å². The van der Waals surface area contributed by atoms with E-state index < -0.39 is 5.82 Å². The third-order valence-corrected chi connectivity index (χ3v) is 4.82. The molecule has 26 heavy (non-hydrogen) atoms. The Balaban J connectivity index is 2.02. The molecule has 0 aliphatic carbocycles. The van der Waals surface area contributed by atoms with Crippen molar-refractivity contribution in [1.29, 1.82) is 5.26 Å². The lowest BCUT2D eigenvalue weighted by Gasteiger charge is -2.40. The van der Waals surface area contributed by atoms with Gasteiger partial charge in [-0.2, -0.15) is 5.26 Å². The van der Waals surface area contributed by atoms with Gasteiger partial charge in [-0.1, -0.05) is 18.2 Å². The fourth-order valence-electron chi connectivity index (χ4n) is 3.33. The summed E-state index contributed by atoms with van der Waals surface area (Å²) in [5.41, 5.74) is 1.68. The molecule has 0 N–H and O–H groups in total. The molecule has 1 saturated heterocycles. The molecule has 0 spiro atoms. The Hall–Kier alpha value is -2.39. The van der Waals surface area contributed by atoms with Crippen LogP contribution in [0.3, 0.4) is 0 Å². The van der Waals surface area contributed by atoms with E-state index in [0.717, 1.165) is 5.57 Å². The zero-order valence-electron chi connectivity index (χ0n) is 15.8. The van der Waals surface area contributed by atoms with E-state index in [-0.39, 0.29) is 17.5 Å². The van der Waals surface area contributed by atoms with Gasteiger partial charge in [0.25, 0.3) is 0 Å². The van der Waals surface area contributed by atoms with Crippen LogP contribution in [0.25, 0.3) is 0 Å². The maximum Gasteiger partial charge on any atom is 0.239 e. The van der Waals surface area contributed by atoms with Crippen LogP contribution in [0.5, 0.6) is 0 Å². The van der Waals surface area contributed by atoms with Gasteiger partial charge in [-0.25, -0.2) is 4.39 Å². The normalized spacial score (nSPS) is 16.0. The highest BCUT2D eigenvalue weighted by atomic mass is 19.1. The summed E-state index contributed by atoms with van der Waals surface area (Å²) in [7, 11) is 0. The van der Waals surface area contributed by atoms with E-state index in [2.05, 4.69) is 11.5 Å². The summed E-state index contributed by atoms with van der Waals surface area (Å²) in [6.45, 7) is 13.7. The molecule has 0 aromatic heterocycles. The molecular formula is C20H27FN4O. The Kier molecular flexibility index (Phi) is 6.76. The molecule has 1 fully saturated rings. The molecule has 2 rings (SSSR count). The maximum absolute atomic E-state index is 13.8. The predicted molar refractivity (Wildman–Crippen MR) is 101 cm³/mol. The van der Waals surface area contributed by atoms with Crippen LogP contribution in [0.2, 0.25) is 0 Å². The summed E-state index contributed by atoms with van der Waals surface area (Å²) in [6, 6.07) is 6.45. The van der Waals surface area contributed by atoms with Crippen LogP contribution < -0.4 is 4.90 Å². The summed E-state index contributed by atoms with van der Waals surface area (Å²) < 4.78 is 13.8. The van der Waals surface area contributed by atoms with Gasteiger partial charge in [0.15, 0.2) is 0 Å². The number of piperazine rings is 1. The quantitative estimate of drug-likeness (QED) is 0.734. The first kappa shape index (κ1) is 19.9. The smallest absolute Gasteiger partial charge is 0.239 e. The molecule has 140 valence electrons. The van der Waals surface area contributed by atoms with Crippen LogP contribution >= 0.6 is 0 Å². The van der Waals surface area contributed by atoms with Crippen molar-refractivity contribution in [3.63, 3.8) is 0 Å². The number of benzene rings is 1. The minimum atomic E-state index is -0.491. The average Bonchev–Trinajstić information content (AvgIpc) is 2.64. The molecule has 1 aliphatic heterocycles. The number of nitriles is 1. The van der Waals surface area contributed by atoms with Crippen molar-refractivity contribution in [2.45, 2.75) is 26.8 Å². The number of hydrogen-bond acceptors (Lipinski definition) is 4. The fraction of sp³-hybridized carbons (Fsp3) is 0.500. The maximum atomic E-state index is 13.8. The lowest BCUT2D eigenvalue weighted by molar-refractivity contribution is -0.136. The van der Waals surface area contributed by atoms with Crippen molar-refractivity contribution in [2.24, 2.45) is 0 Å². The molecule has 1 aromatic rings. The van der Waals surface area contributed by atoms with Gasteiger partial charge in [-0.05, 0) is 32.9 Å². The predicted octanol–water partition coefficient (Wildman–Crippen LogP) is 2.63. The molecular weight excluding hydrogens is 331 g/mol. The lowest BCUT2D eigenvalue weighted by Crippen LogP contribution is -2.54. The van der Waals surface area contributed by atoms with Crippen molar-refractivity contribution in [2.75, 3.05) is 44.2 Å². The van der Waals surface area contributed by atoms with Gasteiger partial charge in [0, 0.05) is 39.3 Å². The molecule has 1 amide bonds. The molecule has 1 atom stereocenters. The Morgan fingerprint density at radius 3 is 2.58 bits per heavy atom. The van der Waals surface area contributed by atoms with Crippen LogP contribution in [0.1, 0.15) is 26.3 Å². The van der Waals surface area contributed by atoms with E-state index in [1.165, 1.54) is 6.07 Å². The van der Waals surface area contributed by atoms with Crippen molar-refractivity contribution in [1.82, 2.24) is 9.80 Å². The van der Waals surface area contributed by atoms with Crippen LogP contribution in [0.4, 0.5) is 10.1 Å². The third kappa shape index (κ3) is 4.41. The Labute approximate surface area is 155 Å². The molecule has 6 heteroatoms. The highest BCUT2D eigenvalue weighted by Gasteiger charge is 2.29. The van der Waals surface area contributed by atoms with Gasteiger partial charge in [0.2, 0.25) is 5.91 Å². The van der Waals surface area contributed by atoms with Crippen LogP contribution in [0.15, 0.2) is 30.4 Å². The standard InChI is InChI=1S/C20H27FN4O/c1-5-23(14-15(2)3)20(26)16(4)24-9-11-25(12-10-24)19-8-6-7-18(21)17(19)13-22/h6-8,16H,2,5,9-12,14H2,1,3-4H3. The third-order valence-electron chi connectivity index (χ3n) is 4.82. The van der Waals surface area contributed by atoms with Crippen LogP contribution in [-0.2, 0) is 4.79 Å². The number of rotatable bonds is 6. The van der Waals surface area contributed by atoms with Gasteiger partial charge in [-0.3, -0.25) is 9.69 Å². The number of likely N-dealkylation sites (N-methyl/N-ethyl adjacent to an activating group) is 1. The topological polar surface area (TPSA) is 50.6 Å². The second-order valence-corrected chi connectivity index (χ2v) is 6.75. The second kappa shape index (κ2) is 8.81. The number of carbonyl (C=O) groups excluding carboxylic acids is 1. The molecule has 0 bridgehead atoms. The largest absolute Gasteiger partial charge is 0.368 e. The number of anilines is 1. The summed E-state index contributed by atoms with van der Waals surface area (Å²) in [4.78, 5) is 18.7.